The van der Waals surface area contributed by atoms with Crippen molar-refractivity contribution in [3.05, 3.63) is 0 Å². The Labute approximate surface area is 140 Å². The van der Waals surface area contributed by atoms with Crippen LogP contribution in [0.1, 0.15) is 84.5 Å². The average molecular weight is 329 g/mol. The standard InChI is InChI=1S/C18H35NO4/c1-18(2,17(22)23)13-9-5-7-11-15-19-14-10-6-3-4-8-12-16(20)21/h19H,3-15H2,1-2H3,(H,20,21)(H,22,23). The minimum absolute atomic E-state index is 0.294. The highest BCUT2D eigenvalue weighted by molar-refractivity contribution is 5.73. The van der Waals surface area contributed by atoms with Crippen LogP contribution >= 0.6 is 0 Å². The van der Waals surface area contributed by atoms with Gasteiger partial charge in [-0.3, -0.25) is 9.59 Å². The summed E-state index contributed by atoms with van der Waals surface area (Å²) in [6, 6.07) is 0. The zero-order chi connectivity index (χ0) is 17.6. The lowest BCUT2D eigenvalue weighted by Gasteiger charge is -2.18. The molecular formula is C18H35NO4. The first-order valence-corrected chi connectivity index (χ1v) is 9.02. The monoisotopic (exact) mass is 329 g/mol. The van der Waals surface area contributed by atoms with Crippen molar-refractivity contribution in [2.24, 2.45) is 5.41 Å². The smallest absolute Gasteiger partial charge is 0.309 e. The van der Waals surface area contributed by atoms with Crippen molar-refractivity contribution in [1.29, 1.82) is 0 Å². The fraction of sp³-hybridized carbons (Fsp3) is 0.889. The Balaban J connectivity index is 3.19. The zero-order valence-electron chi connectivity index (χ0n) is 14.9. The van der Waals surface area contributed by atoms with Crippen LogP contribution in [0, 0.1) is 5.41 Å². The first-order chi connectivity index (χ1) is 10.9. The lowest BCUT2D eigenvalue weighted by Crippen LogP contribution is -2.23. The lowest BCUT2D eigenvalue weighted by molar-refractivity contribution is -0.147. The second-order valence-electron chi connectivity index (χ2n) is 7.01. The summed E-state index contributed by atoms with van der Waals surface area (Å²) in [5, 5.41) is 21.0. The lowest BCUT2D eigenvalue weighted by atomic mass is 9.87. The van der Waals surface area contributed by atoms with Gasteiger partial charge in [0.2, 0.25) is 0 Å². The Morgan fingerprint density at radius 2 is 1.26 bits per heavy atom. The van der Waals surface area contributed by atoms with Gasteiger partial charge in [0.25, 0.3) is 0 Å². The van der Waals surface area contributed by atoms with E-state index in [1.165, 1.54) is 0 Å². The molecule has 0 fully saturated rings. The van der Waals surface area contributed by atoms with Gasteiger partial charge in [0.1, 0.15) is 0 Å². The van der Waals surface area contributed by atoms with E-state index in [4.69, 9.17) is 10.2 Å². The van der Waals surface area contributed by atoms with Crippen LogP contribution in [-0.4, -0.2) is 35.2 Å². The molecule has 136 valence electrons. The van der Waals surface area contributed by atoms with Gasteiger partial charge in [-0.2, -0.15) is 0 Å². The van der Waals surface area contributed by atoms with Crippen molar-refractivity contribution < 1.29 is 19.8 Å². The predicted molar refractivity (Wildman–Crippen MR) is 92.7 cm³/mol. The van der Waals surface area contributed by atoms with E-state index in [1.54, 1.807) is 13.8 Å². The third-order valence-electron chi connectivity index (χ3n) is 4.23. The van der Waals surface area contributed by atoms with Crippen LogP contribution in [0.3, 0.4) is 0 Å². The summed E-state index contributed by atoms with van der Waals surface area (Å²) >= 11 is 0. The quantitative estimate of drug-likeness (QED) is 0.372. The van der Waals surface area contributed by atoms with Gasteiger partial charge in [-0.15, -0.1) is 0 Å². The van der Waals surface area contributed by atoms with Crippen molar-refractivity contribution in [3.8, 4) is 0 Å². The molecule has 5 nitrogen and oxygen atoms in total. The Morgan fingerprint density at radius 3 is 1.78 bits per heavy atom. The summed E-state index contributed by atoms with van der Waals surface area (Å²) in [6.07, 6.45) is 10.7. The maximum atomic E-state index is 11.0. The zero-order valence-corrected chi connectivity index (χ0v) is 14.9. The van der Waals surface area contributed by atoms with E-state index in [9.17, 15) is 9.59 Å². The second kappa shape index (κ2) is 13.3. The molecule has 0 amide bonds. The van der Waals surface area contributed by atoms with E-state index in [1.807, 2.05) is 0 Å². The number of rotatable bonds is 16. The molecule has 0 aromatic heterocycles. The molecule has 0 bridgehead atoms. The fourth-order valence-electron chi connectivity index (χ4n) is 2.46. The third kappa shape index (κ3) is 14.2. The molecule has 0 rings (SSSR count). The first kappa shape index (κ1) is 21.9. The second-order valence-corrected chi connectivity index (χ2v) is 7.01. The molecule has 23 heavy (non-hydrogen) atoms. The number of nitrogens with one attached hydrogen (secondary N) is 1. The van der Waals surface area contributed by atoms with Gasteiger partial charge >= 0.3 is 11.9 Å². The molecule has 0 saturated carbocycles. The van der Waals surface area contributed by atoms with Gasteiger partial charge < -0.3 is 15.5 Å². The first-order valence-electron chi connectivity index (χ1n) is 9.02. The van der Waals surface area contributed by atoms with Gasteiger partial charge in [-0.1, -0.05) is 38.5 Å². The summed E-state index contributed by atoms with van der Waals surface area (Å²) in [4.78, 5) is 21.3. The van der Waals surface area contributed by atoms with Gasteiger partial charge in [0.15, 0.2) is 0 Å². The Morgan fingerprint density at radius 1 is 0.783 bits per heavy atom. The summed E-state index contributed by atoms with van der Waals surface area (Å²) in [6.45, 7) is 5.64. The van der Waals surface area contributed by atoms with E-state index >= 15 is 0 Å². The van der Waals surface area contributed by atoms with Crippen LogP contribution in [-0.2, 0) is 9.59 Å². The topological polar surface area (TPSA) is 86.6 Å². The molecule has 0 spiro atoms. The van der Waals surface area contributed by atoms with Crippen LogP contribution in [0.25, 0.3) is 0 Å². The SMILES string of the molecule is CC(C)(CCCCCCNCCCCCCCC(=O)O)C(=O)O. The van der Waals surface area contributed by atoms with Crippen molar-refractivity contribution in [2.45, 2.75) is 84.5 Å². The molecule has 0 aromatic carbocycles. The molecule has 0 saturated heterocycles. The maximum absolute atomic E-state index is 11.0. The molecule has 0 heterocycles. The molecule has 3 N–H and O–H groups in total. The normalized spacial score (nSPS) is 11.6. The largest absolute Gasteiger partial charge is 0.481 e. The van der Waals surface area contributed by atoms with Crippen molar-refractivity contribution in [2.75, 3.05) is 13.1 Å². The predicted octanol–water partition coefficient (Wildman–Crippen LogP) is 4.06. The molecule has 0 aliphatic carbocycles. The van der Waals surface area contributed by atoms with E-state index in [-0.39, 0.29) is 0 Å². The Kier molecular flexibility index (Phi) is 12.7. The van der Waals surface area contributed by atoms with Gasteiger partial charge in [0, 0.05) is 6.42 Å². The molecule has 0 aliphatic heterocycles. The molecule has 0 atom stereocenters. The molecule has 0 unspecified atom stereocenters. The summed E-state index contributed by atoms with van der Waals surface area (Å²) in [5.41, 5.74) is -0.595. The number of hydrogen-bond acceptors (Lipinski definition) is 3. The minimum Gasteiger partial charge on any atom is -0.481 e. The van der Waals surface area contributed by atoms with E-state index in [0.29, 0.717) is 6.42 Å². The van der Waals surface area contributed by atoms with Crippen LogP contribution in [0.5, 0.6) is 0 Å². The highest BCUT2D eigenvalue weighted by atomic mass is 16.4. The Bertz CT molecular complexity index is 329. The number of carbonyl (C=O) groups is 2. The number of hydrogen-bond donors (Lipinski definition) is 3. The average Bonchev–Trinajstić information content (AvgIpc) is 2.47. The summed E-state index contributed by atoms with van der Waals surface area (Å²) in [7, 11) is 0. The summed E-state index contributed by atoms with van der Waals surface area (Å²) < 4.78 is 0. The molecular weight excluding hydrogens is 294 g/mol. The van der Waals surface area contributed by atoms with Gasteiger partial charge in [-0.05, 0) is 52.6 Å². The van der Waals surface area contributed by atoms with Crippen molar-refractivity contribution in [1.82, 2.24) is 5.32 Å². The molecule has 0 aliphatic rings. The highest BCUT2D eigenvalue weighted by Gasteiger charge is 2.25. The highest BCUT2D eigenvalue weighted by Crippen LogP contribution is 2.23. The van der Waals surface area contributed by atoms with E-state index in [2.05, 4.69) is 5.32 Å². The van der Waals surface area contributed by atoms with Gasteiger partial charge in [-0.25, -0.2) is 0 Å². The van der Waals surface area contributed by atoms with E-state index < -0.39 is 17.4 Å². The number of unbranched alkanes of at least 4 members (excludes halogenated alkanes) is 7. The van der Waals surface area contributed by atoms with Crippen LogP contribution in [0.15, 0.2) is 0 Å². The number of carboxylic acids is 2. The van der Waals surface area contributed by atoms with Crippen LogP contribution < -0.4 is 5.32 Å². The van der Waals surface area contributed by atoms with Crippen LogP contribution in [0.2, 0.25) is 0 Å². The van der Waals surface area contributed by atoms with Crippen LogP contribution in [0.4, 0.5) is 0 Å². The third-order valence-corrected chi connectivity index (χ3v) is 4.23. The Hall–Kier alpha value is -1.10. The molecule has 0 radical (unpaired) electrons. The van der Waals surface area contributed by atoms with Gasteiger partial charge in [0.05, 0.1) is 5.41 Å². The van der Waals surface area contributed by atoms with E-state index in [0.717, 1.165) is 77.3 Å². The molecule has 0 aromatic rings. The number of aliphatic carboxylic acids is 2. The maximum Gasteiger partial charge on any atom is 0.309 e. The van der Waals surface area contributed by atoms with Crippen molar-refractivity contribution in [3.63, 3.8) is 0 Å². The fourth-order valence-corrected chi connectivity index (χ4v) is 2.46. The molecule has 5 heteroatoms. The summed E-state index contributed by atoms with van der Waals surface area (Å²) in [5.74, 6) is -1.40. The van der Waals surface area contributed by atoms with Crippen molar-refractivity contribution >= 4 is 11.9 Å². The minimum atomic E-state index is -0.706. The number of carboxylic acid groups (broad SMARTS) is 2.